The van der Waals surface area contributed by atoms with Crippen molar-refractivity contribution < 1.29 is 4.74 Å². The number of anilines is 2. The van der Waals surface area contributed by atoms with Crippen molar-refractivity contribution in [2.45, 2.75) is 26.9 Å². The molecule has 0 bridgehead atoms. The Morgan fingerprint density at radius 3 is 2.44 bits per heavy atom. The zero-order valence-corrected chi connectivity index (χ0v) is 10.8. The summed E-state index contributed by atoms with van der Waals surface area (Å²) in [7, 11) is 0. The summed E-state index contributed by atoms with van der Waals surface area (Å²) >= 11 is 0. The van der Waals surface area contributed by atoms with E-state index in [1.807, 2.05) is 51.1 Å². The average Bonchev–Trinajstić information content (AvgIpc) is 2.31. The third-order valence-corrected chi connectivity index (χ3v) is 2.30. The van der Waals surface area contributed by atoms with Crippen molar-refractivity contribution in [3.63, 3.8) is 0 Å². The molecule has 1 N–H and O–H groups in total. The van der Waals surface area contributed by atoms with Crippen molar-refractivity contribution in [2.24, 2.45) is 0 Å². The Hall–Kier alpha value is -2.10. The first-order valence-corrected chi connectivity index (χ1v) is 5.96. The number of benzene rings is 1. The average molecular weight is 243 g/mol. The van der Waals surface area contributed by atoms with Crippen LogP contribution in [-0.4, -0.2) is 16.1 Å². The summed E-state index contributed by atoms with van der Waals surface area (Å²) in [5.74, 6) is 1.66. The summed E-state index contributed by atoms with van der Waals surface area (Å²) in [6.07, 6.45) is 1.74. The SMILES string of the molecule is Cc1cc(Nc2ccc(OC(C)C)cc2)ncn1. The van der Waals surface area contributed by atoms with E-state index in [4.69, 9.17) is 4.74 Å². The van der Waals surface area contributed by atoms with E-state index in [0.717, 1.165) is 22.9 Å². The van der Waals surface area contributed by atoms with Gasteiger partial charge in [-0.2, -0.15) is 0 Å². The highest BCUT2D eigenvalue weighted by molar-refractivity contribution is 5.57. The maximum atomic E-state index is 5.59. The molecule has 0 atom stereocenters. The van der Waals surface area contributed by atoms with Gasteiger partial charge in [0, 0.05) is 17.4 Å². The standard InChI is InChI=1S/C14H17N3O/c1-10(2)18-13-6-4-12(5-7-13)17-14-8-11(3)15-9-16-14/h4-10H,1-3H3,(H,15,16,17). The van der Waals surface area contributed by atoms with Crippen molar-refractivity contribution >= 4 is 11.5 Å². The van der Waals surface area contributed by atoms with E-state index in [1.54, 1.807) is 6.33 Å². The molecule has 4 heteroatoms. The van der Waals surface area contributed by atoms with Crippen molar-refractivity contribution in [1.82, 2.24) is 9.97 Å². The van der Waals surface area contributed by atoms with Crippen molar-refractivity contribution in [2.75, 3.05) is 5.32 Å². The molecule has 0 saturated heterocycles. The van der Waals surface area contributed by atoms with E-state index in [2.05, 4.69) is 15.3 Å². The number of hydrogen-bond donors (Lipinski definition) is 1. The summed E-state index contributed by atoms with van der Waals surface area (Å²) in [5.41, 5.74) is 1.91. The fraction of sp³-hybridized carbons (Fsp3) is 0.286. The molecular formula is C14H17N3O. The molecule has 0 radical (unpaired) electrons. The van der Waals surface area contributed by atoms with Gasteiger partial charge in [-0.1, -0.05) is 0 Å². The minimum Gasteiger partial charge on any atom is -0.491 e. The Labute approximate surface area is 107 Å². The topological polar surface area (TPSA) is 47.0 Å². The Bertz CT molecular complexity index is 509. The maximum Gasteiger partial charge on any atom is 0.133 e. The molecule has 0 aliphatic heterocycles. The molecule has 1 aromatic carbocycles. The lowest BCUT2D eigenvalue weighted by Gasteiger charge is -2.10. The van der Waals surface area contributed by atoms with Crippen LogP contribution >= 0.6 is 0 Å². The van der Waals surface area contributed by atoms with E-state index in [-0.39, 0.29) is 6.10 Å². The lowest BCUT2D eigenvalue weighted by atomic mass is 10.3. The summed E-state index contributed by atoms with van der Waals surface area (Å²) < 4.78 is 5.59. The van der Waals surface area contributed by atoms with Crippen LogP contribution in [0.1, 0.15) is 19.5 Å². The van der Waals surface area contributed by atoms with Crippen LogP contribution in [0.4, 0.5) is 11.5 Å². The molecule has 0 aliphatic carbocycles. The van der Waals surface area contributed by atoms with Gasteiger partial charge in [-0.3, -0.25) is 0 Å². The smallest absolute Gasteiger partial charge is 0.133 e. The first kappa shape index (κ1) is 12.4. The molecule has 4 nitrogen and oxygen atoms in total. The van der Waals surface area contributed by atoms with Crippen molar-refractivity contribution in [3.05, 3.63) is 42.4 Å². The zero-order valence-electron chi connectivity index (χ0n) is 10.8. The van der Waals surface area contributed by atoms with Gasteiger partial charge in [-0.05, 0) is 45.0 Å². The number of rotatable bonds is 4. The van der Waals surface area contributed by atoms with Crippen LogP contribution in [0.2, 0.25) is 0 Å². The minimum absolute atomic E-state index is 0.188. The van der Waals surface area contributed by atoms with Gasteiger partial charge in [0.05, 0.1) is 6.10 Å². The molecular weight excluding hydrogens is 226 g/mol. The number of aromatic nitrogens is 2. The van der Waals surface area contributed by atoms with Crippen LogP contribution in [0.5, 0.6) is 5.75 Å². The number of aryl methyl sites for hydroxylation is 1. The third-order valence-electron chi connectivity index (χ3n) is 2.30. The highest BCUT2D eigenvalue weighted by Gasteiger charge is 1.99. The normalized spacial score (nSPS) is 10.4. The second-order valence-corrected chi connectivity index (χ2v) is 4.36. The fourth-order valence-corrected chi connectivity index (χ4v) is 1.56. The van der Waals surface area contributed by atoms with Crippen LogP contribution in [0.3, 0.4) is 0 Å². The van der Waals surface area contributed by atoms with Crippen LogP contribution < -0.4 is 10.1 Å². The van der Waals surface area contributed by atoms with E-state index < -0.39 is 0 Å². The molecule has 1 heterocycles. The van der Waals surface area contributed by atoms with Crippen LogP contribution in [0.25, 0.3) is 0 Å². The summed E-state index contributed by atoms with van der Waals surface area (Å²) in [4.78, 5) is 8.21. The molecule has 94 valence electrons. The molecule has 0 unspecified atom stereocenters. The van der Waals surface area contributed by atoms with Crippen LogP contribution in [-0.2, 0) is 0 Å². The van der Waals surface area contributed by atoms with E-state index in [9.17, 15) is 0 Å². The van der Waals surface area contributed by atoms with Gasteiger partial charge >= 0.3 is 0 Å². The van der Waals surface area contributed by atoms with E-state index in [0.29, 0.717) is 0 Å². The number of hydrogen-bond acceptors (Lipinski definition) is 4. The first-order chi connectivity index (χ1) is 8.63. The minimum atomic E-state index is 0.188. The first-order valence-electron chi connectivity index (χ1n) is 5.96. The Balaban J connectivity index is 2.06. The molecule has 18 heavy (non-hydrogen) atoms. The number of ether oxygens (including phenoxy) is 1. The predicted molar refractivity (Wildman–Crippen MR) is 72.3 cm³/mol. The van der Waals surface area contributed by atoms with E-state index >= 15 is 0 Å². The number of nitrogens with one attached hydrogen (secondary N) is 1. The second-order valence-electron chi connectivity index (χ2n) is 4.36. The number of nitrogens with zero attached hydrogens (tertiary/aromatic N) is 2. The quantitative estimate of drug-likeness (QED) is 0.894. The zero-order chi connectivity index (χ0) is 13.0. The van der Waals surface area contributed by atoms with Gasteiger partial charge < -0.3 is 10.1 Å². The molecule has 0 fully saturated rings. The molecule has 1 aromatic heterocycles. The lowest BCUT2D eigenvalue weighted by molar-refractivity contribution is 0.242. The third kappa shape index (κ3) is 3.45. The highest BCUT2D eigenvalue weighted by atomic mass is 16.5. The second kappa shape index (κ2) is 5.49. The summed E-state index contributed by atoms with van der Waals surface area (Å²) in [6.45, 7) is 5.96. The van der Waals surface area contributed by atoms with Crippen molar-refractivity contribution in [3.8, 4) is 5.75 Å². The van der Waals surface area contributed by atoms with Gasteiger partial charge in [-0.15, -0.1) is 0 Å². The monoisotopic (exact) mass is 243 g/mol. The van der Waals surface area contributed by atoms with E-state index in [1.165, 1.54) is 0 Å². The van der Waals surface area contributed by atoms with Crippen LogP contribution in [0.15, 0.2) is 36.7 Å². The Morgan fingerprint density at radius 2 is 1.83 bits per heavy atom. The highest BCUT2D eigenvalue weighted by Crippen LogP contribution is 2.19. The largest absolute Gasteiger partial charge is 0.491 e. The molecule has 0 amide bonds. The maximum absolute atomic E-state index is 5.59. The van der Waals surface area contributed by atoms with Gasteiger partial charge in [0.15, 0.2) is 0 Å². The van der Waals surface area contributed by atoms with Gasteiger partial charge in [0.1, 0.15) is 17.9 Å². The Kier molecular flexibility index (Phi) is 3.77. The van der Waals surface area contributed by atoms with Crippen LogP contribution in [0, 0.1) is 6.92 Å². The lowest BCUT2D eigenvalue weighted by Crippen LogP contribution is -2.05. The van der Waals surface area contributed by atoms with Gasteiger partial charge in [0.25, 0.3) is 0 Å². The summed E-state index contributed by atoms with van der Waals surface area (Å²) in [6, 6.07) is 9.72. The fourth-order valence-electron chi connectivity index (χ4n) is 1.56. The molecule has 2 rings (SSSR count). The molecule has 0 spiro atoms. The Morgan fingerprint density at radius 1 is 1.11 bits per heavy atom. The van der Waals surface area contributed by atoms with Crippen molar-refractivity contribution in [1.29, 1.82) is 0 Å². The van der Waals surface area contributed by atoms with Gasteiger partial charge in [-0.25, -0.2) is 9.97 Å². The van der Waals surface area contributed by atoms with Gasteiger partial charge in [0.2, 0.25) is 0 Å². The molecule has 0 aliphatic rings. The molecule has 0 saturated carbocycles. The summed E-state index contributed by atoms with van der Waals surface area (Å²) in [5, 5.41) is 3.22. The molecule has 2 aromatic rings. The predicted octanol–water partition coefficient (Wildman–Crippen LogP) is 3.32.